The number of hydrogen-bond donors (Lipinski definition) is 1. The molecule has 3 nitrogen and oxygen atoms in total. The second kappa shape index (κ2) is 9.28. The smallest absolute Gasteiger partial charge is 0.257 e. The second-order valence-corrected chi connectivity index (χ2v) is 9.63. The summed E-state index contributed by atoms with van der Waals surface area (Å²) in [5.41, 5.74) is 4.88. The topological polar surface area (TPSA) is 42.0 Å². The third-order valence-electron chi connectivity index (χ3n) is 4.50. The van der Waals surface area contributed by atoms with Gasteiger partial charge in [0.2, 0.25) is 0 Å². The maximum Gasteiger partial charge on any atom is 0.257 e. The molecule has 0 aliphatic heterocycles. The van der Waals surface area contributed by atoms with Crippen LogP contribution in [0.4, 0.5) is 5.13 Å². The molecule has 0 bridgehead atoms. The Hall–Kier alpha value is -2.89. The molecule has 0 atom stereocenters. The molecule has 5 heteroatoms. The van der Waals surface area contributed by atoms with E-state index in [1.807, 2.05) is 47.8 Å². The highest BCUT2D eigenvalue weighted by molar-refractivity contribution is 7.99. The van der Waals surface area contributed by atoms with Gasteiger partial charge in [0.05, 0.1) is 5.69 Å². The van der Waals surface area contributed by atoms with Gasteiger partial charge < -0.3 is 0 Å². The lowest BCUT2D eigenvalue weighted by atomic mass is 10.0. The number of benzene rings is 3. The van der Waals surface area contributed by atoms with Crippen LogP contribution in [0.1, 0.15) is 24.2 Å². The van der Waals surface area contributed by atoms with Crippen LogP contribution in [0.15, 0.2) is 89.1 Å². The van der Waals surface area contributed by atoms with Gasteiger partial charge in [-0.2, -0.15) is 0 Å². The molecule has 1 amide bonds. The zero-order chi connectivity index (χ0) is 20.9. The van der Waals surface area contributed by atoms with Crippen molar-refractivity contribution in [3.8, 4) is 22.4 Å². The van der Waals surface area contributed by atoms with Gasteiger partial charge in [0.25, 0.3) is 5.91 Å². The van der Waals surface area contributed by atoms with Crippen LogP contribution in [0.5, 0.6) is 0 Å². The van der Waals surface area contributed by atoms with Gasteiger partial charge in [-0.1, -0.05) is 68.4 Å². The first-order chi connectivity index (χ1) is 14.6. The number of nitrogens with one attached hydrogen (secondary N) is 1. The van der Waals surface area contributed by atoms with Crippen molar-refractivity contribution in [1.82, 2.24) is 4.98 Å². The van der Waals surface area contributed by atoms with Crippen molar-refractivity contribution in [2.45, 2.75) is 24.0 Å². The van der Waals surface area contributed by atoms with Gasteiger partial charge in [0.1, 0.15) is 0 Å². The van der Waals surface area contributed by atoms with Crippen LogP contribution in [0.25, 0.3) is 22.4 Å². The van der Waals surface area contributed by atoms with Crippen molar-refractivity contribution in [1.29, 1.82) is 0 Å². The Morgan fingerprint density at radius 2 is 1.50 bits per heavy atom. The molecule has 0 fully saturated rings. The summed E-state index contributed by atoms with van der Waals surface area (Å²) >= 11 is 3.21. The number of thiazole rings is 1. The molecule has 0 unspecified atom stereocenters. The quantitative estimate of drug-likeness (QED) is 0.328. The third-order valence-corrected chi connectivity index (χ3v) is 6.27. The molecule has 1 heterocycles. The monoisotopic (exact) mass is 430 g/mol. The number of amides is 1. The van der Waals surface area contributed by atoms with E-state index in [0.717, 1.165) is 16.2 Å². The molecule has 0 saturated carbocycles. The number of nitrogens with zero attached hydrogens (tertiary/aromatic N) is 1. The molecule has 1 aromatic heterocycles. The number of thioether (sulfide) groups is 1. The molecule has 30 heavy (non-hydrogen) atoms. The number of carbonyl (C=O) groups excluding carboxylic acids is 1. The Morgan fingerprint density at radius 1 is 0.867 bits per heavy atom. The van der Waals surface area contributed by atoms with Crippen molar-refractivity contribution in [3.05, 3.63) is 89.8 Å². The highest BCUT2D eigenvalue weighted by Crippen LogP contribution is 2.28. The number of hydrogen-bond acceptors (Lipinski definition) is 4. The zero-order valence-electron chi connectivity index (χ0n) is 16.8. The molecule has 0 radical (unpaired) electrons. The Bertz CT molecular complexity index is 1120. The van der Waals surface area contributed by atoms with Gasteiger partial charge in [-0.15, -0.1) is 23.1 Å². The minimum absolute atomic E-state index is 0.142. The van der Waals surface area contributed by atoms with Crippen molar-refractivity contribution < 1.29 is 4.79 Å². The first kappa shape index (κ1) is 20.4. The fraction of sp³-hybridized carbons (Fsp3) is 0.120. The van der Waals surface area contributed by atoms with Crippen molar-refractivity contribution in [2.75, 3.05) is 5.32 Å². The van der Waals surface area contributed by atoms with E-state index < -0.39 is 0 Å². The number of rotatable bonds is 6. The summed E-state index contributed by atoms with van der Waals surface area (Å²) in [7, 11) is 0. The number of carbonyl (C=O) groups is 1. The predicted octanol–water partition coefficient (Wildman–Crippen LogP) is 7.23. The average molecular weight is 431 g/mol. The molecule has 150 valence electrons. The Kier molecular flexibility index (Phi) is 6.31. The van der Waals surface area contributed by atoms with Crippen molar-refractivity contribution in [2.24, 2.45) is 0 Å². The Morgan fingerprint density at radius 3 is 2.17 bits per heavy atom. The summed E-state index contributed by atoms with van der Waals surface area (Å²) in [4.78, 5) is 18.3. The molecule has 0 aliphatic carbocycles. The summed E-state index contributed by atoms with van der Waals surface area (Å²) in [5, 5.41) is 5.99. The van der Waals surface area contributed by atoms with E-state index >= 15 is 0 Å². The first-order valence-corrected chi connectivity index (χ1v) is 11.5. The lowest BCUT2D eigenvalue weighted by Crippen LogP contribution is -2.11. The van der Waals surface area contributed by atoms with E-state index in [1.54, 1.807) is 11.8 Å². The molecule has 3 aromatic carbocycles. The van der Waals surface area contributed by atoms with Crippen LogP contribution in [-0.2, 0) is 0 Å². The van der Waals surface area contributed by atoms with E-state index in [0.29, 0.717) is 15.9 Å². The van der Waals surface area contributed by atoms with Crippen LogP contribution in [0.3, 0.4) is 0 Å². The van der Waals surface area contributed by atoms with E-state index in [9.17, 15) is 4.79 Å². The molecule has 4 aromatic rings. The fourth-order valence-electron chi connectivity index (χ4n) is 3.05. The van der Waals surface area contributed by atoms with Crippen LogP contribution in [0.2, 0.25) is 0 Å². The molecule has 1 N–H and O–H groups in total. The van der Waals surface area contributed by atoms with Gasteiger partial charge in [-0.3, -0.25) is 10.1 Å². The van der Waals surface area contributed by atoms with E-state index in [1.165, 1.54) is 22.5 Å². The second-order valence-electron chi connectivity index (χ2n) is 7.13. The van der Waals surface area contributed by atoms with Crippen LogP contribution in [-0.4, -0.2) is 16.1 Å². The Labute approximate surface area is 185 Å². The third kappa shape index (κ3) is 4.99. The van der Waals surface area contributed by atoms with Crippen LogP contribution in [0, 0.1) is 0 Å². The minimum Gasteiger partial charge on any atom is -0.298 e. The molecule has 0 saturated heterocycles. The standard InChI is InChI=1S/C25H22N2OS2/c1-17(2)30-22-14-12-21(13-15-22)24(28)27-25-26-23(16-29-25)20-10-8-19(9-11-20)18-6-4-3-5-7-18/h3-17H,1-2H3,(H,26,27,28). The van der Waals surface area contributed by atoms with Gasteiger partial charge in [-0.25, -0.2) is 4.98 Å². The number of aromatic nitrogens is 1. The molecule has 0 aliphatic rings. The van der Waals surface area contributed by atoms with Crippen LogP contribution >= 0.6 is 23.1 Å². The normalized spacial score (nSPS) is 10.9. The summed E-state index contributed by atoms with van der Waals surface area (Å²) in [6, 6.07) is 26.3. The molecular formula is C25H22N2OS2. The summed E-state index contributed by atoms with van der Waals surface area (Å²) in [5.74, 6) is -0.142. The number of anilines is 1. The lowest BCUT2D eigenvalue weighted by molar-refractivity contribution is 0.102. The SMILES string of the molecule is CC(C)Sc1ccc(C(=O)Nc2nc(-c3ccc(-c4ccccc4)cc3)cs2)cc1. The fourth-order valence-corrected chi connectivity index (χ4v) is 4.61. The van der Waals surface area contributed by atoms with Crippen molar-refractivity contribution in [3.63, 3.8) is 0 Å². The Balaban J connectivity index is 1.43. The van der Waals surface area contributed by atoms with Gasteiger partial charge in [0, 0.05) is 26.7 Å². The maximum absolute atomic E-state index is 12.5. The van der Waals surface area contributed by atoms with E-state index in [2.05, 4.69) is 60.5 Å². The largest absolute Gasteiger partial charge is 0.298 e. The maximum atomic E-state index is 12.5. The first-order valence-electron chi connectivity index (χ1n) is 9.78. The van der Waals surface area contributed by atoms with Gasteiger partial charge in [-0.05, 0) is 35.4 Å². The molecule has 4 rings (SSSR count). The summed E-state index contributed by atoms with van der Waals surface area (Å²) in [6.07, 6.45) is 0. The van der Waals surface area contributed by atoms with E-state index in [-0.39, 0.29) is 5.91 Å². The van der Waals surface area contributed by atoms with E-state index in [4.69, 9.17) is 0 Å². The lowest BCUT2D eigenvalue weighted by Gasteiger charge is -2.06. The minimum atomic E-state index is -0.142. The summed E-state index contributed by atoms with van der Waals surface area (Å²) in [6.45, 7) is 4.31. The summed E-state index contributed by atoms with van der Waals surface area (Å²) < 4.78 is 0. The van der Waals surface area contributed by atoms with Crippen LogP contribution < -0.4 is 5.32 Å². The zero-order valence-corrected chi connectivity index (χ0v) is 18.5. The molecular weight excluding hydrogens is 408 g/mol. The average Bonchev–Trinajstić information content (AvgIpc) is 3.23. The predicted molar refractivity (Wildman–Crippen MR) is 128 cm³/mol. The highest BCUT2D eigenvalue weighted by Gasteiger charge is 2.11. The van der Waals surface area contributed by atoms with Crippen molar-refractivity contribution >= 4 is 34.1 Å². The van der Waals surface area contributed by atoms with Gasteiger partial charge >= 0.3 is 0 Å². The highest BCUT2D eigenvalue weighted by atomic mass is 32.2. The van der Waals surface area contributed by atoms with Gasteiger partial charge in [0.15, 0.2) is 5.13 Å². The molecule has 0 spiro atoms.